The molecule has 6 N–H and O–H groups in total. The van der Waals surface area contributed by atoms with E-state index in [9.17, 15) is 19.5 Å². The summed E-state index contributed by atoms with van der Waals surface area (Å²) in [6.45, 7) is 4.25. The maximum atomic E-state index is 12.4. The van der Waals surface area contributed by atoms with Crippen molar-refractivity contribution in [1.29, 1.82) is 0 Å². The van der Waals surface area contributed by atoms with Crippen molar-refractivity contribution in [1.82, 2.24) is 5.32 Å². The van der Waals surface area contributed by atoms with Gasteiger partial charge >= 0.3 is 12.1 Å². The number of Topliss-reactive ketones (excluding diaryl/α,β-unsaturated/α-hetero) is 1. The van der Waals surface area contributed by atoms with Gasteiger partial charge in [0.1, 0.15) is 6.61 Å². The van der Waals surface area contributed by atoms with Crippen LogP contribution in [0.4, 0.5) is 4.79 Å². The zero-order valence-corrected chi connectivity index (χ0v) is 16.5. The van der Waals surface area contributed by atoms with Gasteiger partial charge in [-0.05, 0) is 37.2 Å². The average molecular weight is 393 g/mol. The Morgan fingerprint density at radius 2 is 1.82 bits per heavy atom. The van der Waals surface area contributed by atoms with Gasteiger partial charge in [-0.25, -0.2) is 9.59 Å². The van der Waals surface area contributed by atoms with Crippen LogP contribution in [0.1, 0.15) is 45.1 Å². The molecule has 156 valence electrons. The van der Waals surface area contributed by atoms with E-state index in [1.54, 1.807) is 0 Å². The van der Waals surface area contributed by atoms with Gasteiger partial charge in [0.05, 0.1) is 6.04 Å². The second kappa shape index (κ2) is 11.4. The largest absolute Gasteiger partial charge is 0.480 e. The highest BCUT2D eigenvalue weighted by atomic mass is 16.5. The molecule has 0 radical (unpaired) electrons. The van der Waals surface area contributed by atoms with Crippen molar-refractivity contribution in [3.05, 3.63) is 35.9 Å². The maximum Gasteiger partial charge on any atom is 0.407 e. The molecule has 0 unspecified atom stereocenters. The van der Waals surface area contributed by atoms with Gasteiger partial charge in [-0.15, -0.1) is 0 Å². The molecule has 0 aliphatic carbocycles. The molecule has 8 heteroatoms. The second-order valence-electron chi connectivity index (χ2n) is 7.32. The first kappa shape index (κ1) is 23.6. The van der Waals surface area contributed by atoms with Crippen LogP contribution in [-0.2, 0) is 20.9 Å². The van der Waals surface area contributed by atoms with E-state index in [4.69, 9.17) is 16.2 Å². The molecule has 0 heterocycles. The highest BCUT2D eigenvalue weighted by Gasteiger charge is 2.43. The van der Waals surface area contributed by atoms with Crippen molar-refractivity contribution >= 4 is 17.8 Å². The second-order valence-corrected chi connectivity index (χ2v) is 7.32. The van der Waals surface area contributed by atoms with E-state index in [0.717, 1.165) is 5.56 Å². The minimum Gasteiger partial charge on any atom is -0.480 e. The number of alkyl carbamates (subject to hydrolysis) is 1. The molecule has 1 rings (SSSR count). The van der Waals surface area contributed by atoms with Crippen LogP contribution in [0.2, 0.25) is 0 Å². The molecule has 0 bridgehead atoms. The third-order valence-electron chi connectivity index (χ3n) is 4.36. The van der Waals surface area contributed by atoms with Gasteiger partial charge < -0.3 is 26.6 Å². The summed E-state index contributed by atoms with van der Waals surface area (Å²) in [4.78, 5) is 35.6. The van der Waals surface area contributed by atoms with E-state index in [2.05, 4.69) is 5.32 Å². The fourth-order valence-electron chi connectivity index (χ4n) is 2.77. The monoisotopic (exact) mass is 393 g/mol. The summed E-state index contributed by atoms with van der Waals surface area (Å²) in [5.41, 5.74) is 10.6. The van der Waals surface area contributed by atoms with Crippen LogP contribution in [0, 0.1) is 5.92 Å². The molecule has 28 heavy (non-hydrogen) atoms. The summed E-state index contributed by atoms with van der Waals surface area (Å²) in [6.07, 6.45) is 0.575. The fraction of sp³-hybridized carbons (Fsp3) is 0.550. The Balaban J connectivity index is 2.37. The molecule has 1 amide bonds. The number of unbranched alkanes of at least 4 members (excludes halogenated alkanes) is 1. The Morgan fingerprint density at radius 1 is 1.18 bits per heavy atom. The van der Waals surface area contributed by atoms with Crippen LogP contribution in [0.3, 0.4) is 0 Å². The van der Waals surface area contributed by atoms with Gasteiger partial charge in [0, 0.05) is 6.54 Å². The van der Waals surface area contributed by atoms with E-state index in [1.165, 1.54) is 0 Å². The van der Waals surface area contributed by atoms with Crippen molar-refractivity contribution in [2.75, 3.05) is 6.54 Å². The number of amides is 1. The first-order valence-corrected chi connectivity index (χ1v) is 9.43. The van der Waals surface area contributed by atoms with Crippen molar-refractivity contribution in [3.8, 4) is 0 Å². The summed E-state index contributed by atoms with van der Waals surface area (Å²) in [7, 11) is 0. The predicted molar refractivity (Wildman–Crippen MR) is 105 cm³/mol. The quantitative estimate of drug-likeness (QED) is 0.313. The van der Waals surface area contributed by atoms with E-state index >= 15 is 0 Å². The predicted octanol–water partition coefficient (Wildman–Crippen LogP) is 1.81. The number of ether oxygens (including phenoxy) is 1. The van der Waals surface area contributed by atoms with Crippen LogP contribution in [-0.4, -0.2) is 41.1 Å². The number of carboxylic acid groups (broad SMARTS) is 1. The number of ketones is 1. The minimum absolute atomic E-state index is 0.0479. The molecule has 1 aromatic carbocycles. The normalized spacial score (nSPS) is 14.2. The Bertz CT molecular complexity index is 651. The number of carbonyl (C=O) groups is 3. The smallest absolute Gasteiger partial charge is 0.407 e. The fourth-order valence-corrected chi connectivity index (χ4v) is 2.77. The molecular formula is C20H31N3O5. The molecule has 0 aromatic heterocycles. The van der Waals surface area contributed by atoms with Gasteiger partial charge in [-0.1, -0.05) is 44.2 Å². The number of hydrogen-bond donors (Lipinski definition) is 4. The van der Waals surface area contributed by atoms with Crippen LogP contribution in [0.5, 0.6) is 0 Å². The van der Waals surface area contributed by atoms with Gasteiger partial charge in [0.25, 0.3) is 0 Å². The molecular weight excluding hydrogens is 362 g/mol. The Morgan fingerprint density at radius 3 is 2.39 bits per heavy atom. The molecule has 1 aromatic rings. The summed E-state index contributed by atoms with van der Waals surface area (Å²) < 4.78 is 5.08. The number of rotatable bonds is 12. The highest BCUT2D eigenvalue weighted by molar-refractivity contribution is 6.09. The lowest BCUT2D eigenvalue weighted by molar-refractivity contribution is -0.149. The van der Waals surface area contributed by atoms with E-state index in [0.29, 0.717) is 19.3 Å². The zero-order chi connectivity index (χ0) is 21.2. The summed E-state index contributed by atoms with van der Waals surface area (Å²) in [5, 5.41) is 12.0. The lowest BCUT2D eigenvalue weighted by Crippen LogP contribution is -2.60. The van der Waals surface area contributed by atoms with E-state index < -0.39 is 29.4 Å². The summed E-state index contributed by atoms with van der Waals surface area (Å²) in [6, 6.07) is 8.37. The van der Waals surface area contributed by atoms with Crippen molar-refractivity contribution < 1.29 is 24.2 Å². The third-order valence-corrected chi connectivity index (χ3v) is 4.36. The van der Waals surface area contributed by atoms with Crippen LogP contribution in [0.15, 0.2) is 30.3 Å². The molecule has 2 atom stereocenters. The molecule has 0 spiro atoms. The standard InChI is InChI=1S/C20H31N3O5/c1-14(2)12-16(21)17(24)20(22,18(25)26)10-6-7-11-23-19(27)28-13-15-8-4-3-5-9-15/h3-5,8-9,14,16H,6-7,10-13,21-22H2,1-2H3,(H,23,27)(H,25,26)/t16-,20-/m0/s1. The number of carboxylic acids is 1. The summed E-state index contributed by atoms with van der Waals surface area (Å²) in [5.74, 6) is -1.89. The van der Waals surface area contributed by atoms with Crippen molar-refractivity contribution in [3.63, 3.8) is 0 Å². The highest BCUT2D eigenvalue weighted by Crippen LogP contribution is 2.17. The number of benzene rings is 1. The lowest BCUT2D eigenvalue weighted by atomic mass is 9.83. The van der Waals surface area contributed by atoms with Crippen molar-refractivity contribution in [2.24, 2.45) is 17.4 Å². The van der Waals surface area contributed by atoms with E-state index in [1.807, 2.05) is 44.2 Å². The summed E-state index contributed by atoms with van der Waals surface area (Å²) >= 11 is 0. The first-order valence-electron chi connectivity index (χ1n) is 9.43. The van der Waals surface area contributed by atoms with Gasteiger partial charge in [0.2, 0.25) is 0 Å². The Hall–Kier alpha value is -2.45. The molecule has 8 nitrogen and oxygen atoms in total. The Labute approximate surface area is 165 Å². The van der Waals surface area contributed by atoms with E-state index in [-0.39, 0.29) is 25.5 Å². The molecule has 0 fully saturated rings. The SMILES string of the molecule is CC(C)C[C@H](N)C(=O)[C@@](N)(CCCCNC(=O)OCc1ccccc1)C(=O)O. The Kier molecular flexibility index (Phi) is 9.61. The van der Waals surface area contributed by atoms with Crippen molar-refractivity contribution in [2.45, 2.75) is 57.7 Å². The van der Waals surface area contributed by atoms with Crippen LogP contribution < -0.4 is 16.8 Å². The maximum absolute atomic E-state index is 12.4. The van der Waals surface area contributed by atoms with Gasteiger partial charge in [0.15, 0.2) is 11.3 Å². The zero-order valence-electron chi connectivity index (χ0n) is 16.5. The average Bonchev–Trinajstić information content (AvgIpc) is 2.65. The van der Waals surface area contributed by atoms with Crippen LogP contribution >= 0.6 is 0 Å². The molecule has 0 saturated heterocycles. The first-order chi connectivity index (χ1) is 13.2. The topological polar surface area (TPSA) is 145 Å². The minimum atomic E-state index is -2.01. The molecule has 0 saturated carbocycles. The molecule has 0 aliphatic rings. The third kappa shape index (κ3) is 7.66. The number of nitrogens with one attached hydrogen (secondary N) is 1. The number of aliphatic carboxylic acids is 1. The van der Waals surface area contributed by atoms with Crippen LogP contribution in [0.25, 0.3) is 0 Å². The number of hydrogen-bond acceptors (Lipinski definition) is 6. The lowest BCUT2D eigenvalue weighted by Gasteiger charge is -2.27. The van der Waals surface area contributed by atoms with Gasteiger partial charge in [-0.2, -0.15) is 0 Å². The molecule has 0 aliphatic heterocycles. The number of carbonyl (C=O) groups excluding carboxylic acids is 2. The number of nitrogens with two attached hydrogens (primary N) is 2. The van der Waals surface area contributed by atoms with Gasteiger partial charge in [-0.3, -0.25) is 4.79 Å².